The molecule has 0 aliphatic rings. The second-order valence-electron chi connectivity index (χ2n) is 4.28. The van der Waals surface area contributed by atoms with Crippen molar-refractivity contribution in [1.82, 2.24) is 4.31 Å². The lowest BCUT2D eigenvalue weighted by molar-refractivity contribution is -0.118. The lowest BCUT2D eigenvalue weighted by Crippen LogP contribution is -2.39. The predicted molar refractivity (Wildman–Crippen MR) is 76.1 cm³/mol. The van der Waals surface area contributed by atoms with Crippen LogP contribution < -0.4 is 11.5 Å². The fourth-order valence-corrected chi connectivity index (χ4v) is 2.88. The molecule has 8 heteroatoms. The Hall–Kier alpha value is -1.64. The molecule has 7 nitrogen and oxygen atoms in total. The van der Waals surface area contributed by atoms with Crippen molar-refractivity contribution in [2.75, 3.05) is 31.7 Å². The van der Waals surface area contributed by atoms with E-state index >= 15 is 0 Å². The summed E-state index contributed by atoms with van der Waals surface area (Å²) in [5, 5.41) is 0. The number of nitrogens with two attached hydrogens (primary N) is 2. The standard InChI is InChI=1S/C12H19N3O4S/c1-19-6-7-20(17,18)15(9-12(14)16)8-10-2-4-11(13)5-3-10/h2-5H,6-9,13H2,1H3,(H2,14,16). The van der Waals surface area contributed by atoms with Gasteiger partial charge < -0.3 is 16.2 Å². The van der Waals surface area contributed by atoms with Crippen molar-refractivity contribution >= 4 is 21.6 Å². The van der Waals surface area contributed by atoms with E-state index < -0.39 is 15.9 Å². The van der Waals surface area contributed by atoms with Gasteiger partial charge in [-0.15, -0.1) is 0 Å². The van der Waals surface area contributed by atoms with Crippen LogP contribution in [-0.4, -0.2) is 44.6 Å². The van der Waals surface area contributed by atoms with Crippen LogP contribution in [0.3, 0.4) is 0 Å². The zero-order valence-electron chi connectivity index (χ0n) is 11.3. The number of carbonyl (C=O) groups is 1. The number of amides is 1. The second-order valence-corrected chi connectivity index (χ2v) is 6.37. The molecule has 0 heterocycles. The first-order valence-electron chi connectivity index (χ1n) is 5.94. The van der Waals surface area contributed by atoms with Crippen molar-refractivity contribution < 1.29 is 17.9 Å². The largest absolute Gasteiger partial charge is 0.399 e. The molecule has 1 aromatic rings. The molecule has 0 radical (unpaired) electrons. The van der Waals surface area contributed by atoms with Gasteiger partial charge in [-0.05, 0) is 17.7 Å². The first kappa shape index (κ1) is 16.4. The molecule has 1 rings (SSSR count). The van der Waals surface area contributed by atoms with Crippen LogP contribution in [0.5, 0.6) is 0 Å². The number of anilines is 1. The first-order valence-corrected chi connectivity index (χ1v) is 7.55. The Kier molecular flexibility index (Phi) is 5.93. The van der Waals surface area contributed by atoms with Crippen molar-refractivity contribution in [2.24, 2.45) is 5.73 Å². The van der Waals surface area contributed by atoms with Crippen molar-refractivity contribution in [3.8, 4) is 0 Å². The quantitative estimate of drug-likeness (QED) is 0.630. The van der Waals surface area contributed by atoms with Crippen molar-refractivity contribution in [2.45, 2.75) is 6.54 Å². The van der Waals surface area contributed by atoms with Crippen LogP contribution in [0.2, 0.25) is 0 Å². The summed E-state index contributed by atoms with van der Waals surface area (Å²) in [5.74, 6) is -0.910. The summed E-state index contributed by atoms with van der Waals surface area (Å²) in [4.78, 5) is 11.0. The summed E-state index contributed by atoms with van der Waals surface area (Å²) in [6, 6.07) is 6.74. The molecule has 1 amide bonds. The normalized spacial score (nSPS) is 11.7. The molecule has 0 saturated heterocycles. The third-order valence-electron chi connectivity index (χ3n) is 2.61. The van der Waals surface area contributed by atoms with Crippen LogP contribution in [0, 0.1) is 0 Å². The number of hydrogen-bond acceptors (Lipinski definition) is 5. The molecular formula is C12H19N3O4S. The number of benzene rings is 1. The highest BCUT2D eigenvalue weighted by molar-refractivity contribution is 7.89. The van der Waals surface area contributed by atoms with Crippen LogP contribution in [0.1, 0.15) is 5.56 Å². The Morgan fingerprint density at radius 2 is 1.90 bits per heavy atom. The second kappa shape index (κ2) is 7.22. The van der Waals surface area contributed by atoms with E-state index in [1.807, 2.05) is 0 Å². The van der Waals surface area contributed by atoms with Crippen molar-refractivity contribution in [3.63, 3.8) is 0 Å². The minimum absolute atomic E-state index is 0.0549. The molecule has 0 bridgehead atoms. The summed E-state index contributed by atoms with van der Waals surface area (Å²) in [6.45, 7) is -0.245. The Bertz CT molecular complexity index is 542. The minimum Gasteiger partial charge on any atom is -0.399 e. The third-order valence-corrected chi connectivity index (χ3v) is 4.34. The fourth-order valence-electron chi connectivity index (χ4n) is 1.57. The SMILES string of the molecule is COCCS(=O)(=O)N(CC(N)=O)Cc1ccc(N)cc1. The van der Waals surface area contributed by atoms with E-state index in [2.05, 4.69) is 0 Å². The maximum atomic E-state index is 12.1. The van der Waals surface area contributed by atoms with E-state index in [4.69, 9.17) is 16.2 Å². The molecule has 0 aliphatic carbocycles. The topological polar surface area (TPSA) is 116 Å². The summed E-state index contributed by atoms with van der Waals surface area (Å²) < 4.78 is 30.0. The highest BCUT2D eigenvalue weighted by Gasteiger charge is 2.23. The molecule has 0 spiro atoms. The zero-order chi connectivity index (χ0) is 15.2. The molecule has 0 aliphatic heterocycles. The number of nitrogen functional groups attached to an aromatic ring is 1. The average molecular weight is 301 g/mol. The van der Waals surface area contributed by atoms with Crippen molar-refractivity contribution in [1.29, 1.82) is 0 Å². The maximum Gasteiger partial charge on any atom is 0.232 e. The number of primary amides is 1. The van der Waals surface area contributed by atoms with E-state index in [1.165, 1.54) is 7.11 Å². The van der Waals surface area contributed by atoms with E-state index in [-0.39, 0.29) is 25.4 Å². The van der Waals surface area contributed by atoms with E-state index in [0.29, 0.717) is 5.69 Å². The van der Waals surface area contributed by atoms with Gasteiger partial charge >= 0.3 is 0 Å². The molecule has 0 aromatic heterocycles. The summed E-state index contributed by atoms with van der Waals surface area (Å²) >= 11 is 0. The summed E-state index contributed by atoms with van der Waals surface area (Å²) in [7, 11) is -2.20. The van der Waals surface area contributed by atoms with Gasteiger partial charge in [0.25, 0.3) is 0 Å². The number of nitrogens with zero attached hydrogens (tertiary/aromatic N) is 1. The lowest BCUT2D eigenvalue weighted by atomic mass is 10.2. The first-order chi connectivity index (χ1) is 9.35. The maximum absolute atomic E-state index is 12.1. The van der Waals surface area contributed by atoms with Crippen LogP contribution in [-0.2, 0) is 26.1 Å². The van der Waals surface area contributed by atoms with E-state index in [0.717, 1.165) is 9.87 Å². The fraction of sp³-hybridized carbons (Fsp3) is 0.417. The van der Waals surface area contributed by atoms with Gasteiger partial charge in [0.05, 0.1) is 18.9 Å². The Morgan fingerprint density at radius 3 is 2.40 bits per heavy atom. The van der Waals surface area contributed by atoms with Crippen LogP contribution in [0.15, 0.2) is 24.3 Å². The van der Waals surface area contributed by atoms with Crippen LogP contribution >= 0.6 is 0 Å². The van der Waals surface area contributed by atoms with Gasteiger partial charge in [0, 0.05) is 19.3 Å². The monoisotopic (exact) mass is 301 g/mol. The van der Waals surface area contributed by atoms with Gasteiger partial charge in [0.2, 0.25) is 15.9 Å². The average Bonchev–Trinajstić information content (AvgIpc) is 2.38. The molecule has 1 aromatic carbocycles. The highest BCUT2D eigenvalue weighted by atomic mass is 32.2. The van der Waals surface area contributed by atoms with E-state index in [1.54, 1.807) is 24.3 Å². The Labute approximate surface area is 118 Å². The van der Waals surface area contributed by atoms with Crippen LogP contribution in [0.25, 0.3) is 0 Å². The summed E-state index contributed by atoms with van der Waals surface area (Å²) in [6.07, 6.45) is 0. The third kappa shape index (κ3) is 5.16. The van der Waals surface area contributed by atoms with Gasteiger partial charge in [0.1, 0.15) is 0 Å². The molecular weight excluding hydrogens is 282 g/mol. The lowest BCUT2D eigenvalue weighted by Gasteiger charge is -2.20. The number of sulfonamides is 1. The summed E-state index contributed by atoms with van der Waals surface area (Å²) in [5.41, 5.74) is 12.0. The minimum atomic E-state index is -3.61. The molecule has 0 saturated carbocycles. The zero-order valence-corrected chi connectivity index (χ0v) is 12.1. The molecule has 20 heavy (non-hydrogen) atoms. The molecule has 4 N–H and O–H groups in total. The highest BCUT2D eigenvalue weighted by Crippen LogP contribution is 2.12. The Balaban J connectivity index is 2.89. The van der Waals surface area contributed by atoms with Gasteiger partial charge in [-0.1, -0.05) is 12.1 Å². The van der Waals surface area contributed by atoms with Crippen molar-refractivity contribution in [3.05, 3.63) is 29.8 Å². The molecule has 0 unspecified atom stereocenters. The van der Waals surface area contributed by atoms with Gasteiger partial charge in [0.15, 0.2) is 0 Å². The Morgan fingerprint density at radius 1 is 1.30 bits per heavy atom. The van der Waals surface area contributed by atoms with Gasteiger partial charge in [-0.25, -0.2) is 8.42 Å². The number of carbonyl (C=O) groups excluding carboxylic acids is 1. The number of methoxy groups -OCH3 is 1. The number of hydrogen-bond donors (Lipinski definition) is 2. The predicted octanol–water partition coefficient (Wildman–Crippen LogP) is -0.468. The molecule has 112 valence electrons. The smallest absolute Gasteiger partial charge is 0.232 e. The molecule has 0 fully saturated rings. The van der Waals surface area contributed by atoms with Gasteiger partial charge in [-0.3, -0.25) is 4.79 Å². The number of ether oxygens (including phenoxy) is 1. The van der Waals surface area contributed by atoms with Gasteiger partial charge in [-0.2, -0.15) is 4.31 Å². The number of rotatable bonds is 8. The molecule has 0 atom stereocenters. The van der Waals surface area contributed by atoms with E-state index in [9.17, 15) is 13.2 Å². The van der Waals surface area contributed by atoms with Crippen LogP contribution in [0.4, 0.5) is 5.69 Å².